The Morgan fingerprint density at radius 2 is 1.52 bits per heavy atom. The van der Waals surface area contributed by atoms with E-state index in [9.17, 15) is 26.9 Å². The molecular formula is C20H23N3O6S2. The molecule has 2 aromatic carbocycles. The van der Waals surface area contributed by atoms with Crippen LogP contribution in [0.2, 0.25) is 0 Å². The van der Waals surface area contributed by atoms with Crippen LogP contribution in [0.4, 0.5) is 5.69 Å². The third-order valence-corrected chi connectivity index (χ3v) is 8.81. The Morgan fingerprint density at radius 3 is 2.10 bits per heavy atom. The highest BCUT2D eigenvalue weighted by Crippen LogP contribution is 2.28. The van der Waals surface area contributed by atoms with Crippen LogP contribution in [0, 0.1) is 24.0 Å². The van der Waals surface area contributed by atoms with Gasteiger partial charge in [0.15, 0.2) is 0 Å². The zero-order valence-electron chi connectivity index (χ0n) is 17.1. The first-order valence-corrected chi connectivity index (χ1v) is 12.5. The number of piperazine rings is 1. The average molecular weight is 466 g/mol. The Hall–Kier alpha value is -2.60. The van der Waals surface area contributed by atoms with Gasteiger partial charge in [0.1, 0.15) is 0 Å². The molecule has 1 fully saturated rings. The average Bonchev–Trinajstić information content (AvgIpc) is 2.74. The smallest absolute Gasteiger partial charge is 0.258 e. The van der Waals surface area contributed by atoms with Crippen molar-refractivity contribution in [2.24, 2.45) is 0 Å². The Morgan fingerprint density at radius 1 is 0.935 bits per heavy atom. The fourth-order valence-electron chi connectivity index (χ4n) is 3.30. The van der Waals surface area contributed by atoms with Crippen LogP contribution in [0.3, 0.4) is 0 Å². The molecule has 9 nitrogen and oxygen atoms in total. The number of aryl methyl sites for hydroxylation is 1. The van der Waals surface area contributed by atoms with Crippen molar-refractivity contribution in [3.05, 3.63) is 74.7 Å². The van der Waals surface area contributed by atoms with E-state index in [-0.39, 0.29) is 36.8 Å². The molecule has 0 spiro atoms. The fraction of sp³-hybridized carbons (Fsp3) is 0.300. The third-order valence-electron chi connectivity index (χ3n) is 5.22. The Balaban J connectivity index is 1.77. The molecule has 1 aliphatic rings. The van der Waals surface area contributed by atoms with Crippen LogP contribution in [0.25, 0.3) is 6.08 Å². The highest BCUT2D eigenvalue weighted by atomic mass is 32.2. The van der Waals surface area contributed by atoms with E-state index in [2.05, 4.69) is 0 Å². The minimum Gasteiger partial charge on any atom is -0.258 e. The molecule has 0 N–H and O–H groups in total. The lowest BCUT2D eigenvalue weighted by atomic mass is 10.1. The summed E-state index contributed by atoms with van der Waals surface area (Å²) < 4.78 is 53.8. The van der Waals surface area contributed by atoms with Gasteiger partial charge in [0.25, 0.3) is 5.69 Å². The number of hydrogen-bond donors (Lipinski definition) is 0. The van der Waals surface area contributed by atoms with E-state index in [1.807, 2.05) is 6.07 Å². The normalized spacial score (nSPS) is 16.6. The minimum atomic E-state index is -4.01. The van der Waals surface area contributed by atoms with Gasteiger partial charge in [-0.25, -0.2) is 16.8 Å². The minimum absolute atomic E-state index is 0.00630. The van der Waals surface area contributed by atoms with Gasteiger partial charge < -0.3 is 0 Å². The SMILES string of the molecule is Cc1cc([N+](=O)[O-])cc(S(=O)(=O)N2CCN(S(=O)(=O)/C=C/c3ccccc3)CC2)c1C. The molecule has 166 valence electrons. The topological polar surface area (TPSA) is 118 Å². The lowest BCUT2D eigenvalue weighted by Gasteiger charge is -2.33. The first-order chi connectivity index (χ1) is 14.5. The number of benzene rings is 2. The number of nitro groups is 1. The molecular weight excluding hydrogens is 442 g/mol. The molecule has 31 heavy (non-hydrogen) atoms. The zero-order valence-corrected chi connectivity index (χ0v) is 18.8. The number of nitrogens with zero attached hydrogens (tertiary/aromatic N) is 3. The van der Waals surface area contributed by atoms with Gasteiger partial charge in [-0.05, 0) is 36.6 Å². The summed E-state index contributed by atoms with van der Waals surface area (Å²) in [6, 6.07) is 11.4. The van der Waals surface area contributed by atoms with Crippen LogP contribution < -0.4 is 0 Å². The van der Waals surface area contributed by atoms with Gasteiger partial charge in [0, 0.05) is 43.7 Å². The second-order valence-electron chi connectivity index (χ2n) is 7.20. The molecule has 3 rings (SSSR count). The van der Waals surface area contributed by atoms with Crippen molar-refractivity contribution in [2.75, 3.05) is 26.2 Å². The first kappa shape index (κ1) is 23.1. The summed E-state index contributed by atoms with van der Waals surface area (Å²) in [6.07, 6.45) is 1.49. The van der Waals surface area contributed by atoms with Crippen LogP contribution in [0.5, 0.6) is 0 Å². The second-order valence-corrected chi connectivity index (χ2v) is 10.9. The second kappa shape index (κ2) is 8.87. The Labute approximate surface area is 181 Å². The number of nitro benzene ring substituents is 1. The maximum Gasteiger partial charge on any atom is 0.271 e. The van der Waals surface area contributed by atoms with Gasteiger partial charge in [0.2, 0.25) is 20.0 Å². The molecule has 1 aliphatic heterocycles. The molecule has 0 aliphatic carbocycles. The quantitative estimate of drug-likeness (QED) is 0.478. The van der Waals surface area contributed by atoms with E-state index < -0.39 is 25.0 Å². The van der Waals surface area contributed by atoms with E-state index in [1.54, 1.807) is 38.1 Å². The lowest BCUT2D eigenvalue weighted by Crippen LogP contribution is -2.50. The Kier molecular flexibility index (Phi) is 6.60. The van der Waals surface area contributed by atoms with E-state index >= 15 is 0 Å². The van der Waals surface area contributed by atoms with Gasteiger partial charge >= 0.3 is 0 Å². The summed E-state index contributed by atoms with van der Waals surface area (Å²) in [5.41, 5.74) is 1.38. The van der Waals surface area contributed by atoms with Gasteiger partial charge in [-0.3, -0.25) is 10.1 Å². The van der Waals surface area contributed by atoms with Gasteiger partial charge in [-0.1, -0.05) is 30.3 Å². The Bertz CT molecular complexity index is 1220. The maximum atomic E-state index is 13.1. The van der Waals surface area contributed by atoms with Crippen molar-refractivity contribution in [1.82, 2.24) is 8.61 Å². The summed E-state index contributed by atoms with van der Waals surface area (Å²) in [5.74, 6) is 0. The highest BCUT2D eigenvalue weighted by Gasteiger charge is 2.34. The van der Waals surface area contributed by atoms with E-state index in [1.165, 1.54) is 20.8 Å². The predicted molar refractivity (Wildman–Crippen MR) is 117 cm³/mol. The molecule has 1 saturated heterocycles. The summed E-state index contributed by atoms with van der Waals surface area (Å²) >= 11 is 0. The van der Waals surface area contributed by atoms with Crippen LogP contribution in [0.1, 0.15) is 16.7 Å². The summed E-state index contributed by atoms with van der Waals surface area (Å²) in [4.78, 5) is 10.4. The largest absolute Gasteiger partial charge is 0.271 e. The van der Waals surface area contributed by atoms with E-state index in [4.69, 9.17) is 0 Å². The molecule has 11 heteroatoms. The van der Waals surface area contributed by atoms with Gasteiger partial charge in [-0.15, -0.1) is 0 Å². The zero-order chi connectivity index (χ0) is 22.8. The highest BCUT2D eigenvalue weighted by molar-refractivity contribution is 7.92. The van der Waals surface area contributed by atoms with E-state index in [0.29, 0.717) is 11.1 Å². The van der Waals surface area contributed by atoms with Crippen LogP contribution >= 0.6 is 0 Å². The van der Waals surface area contributed by atoms with Crippen LogP contribution in [-0.2, 0) is 20.0 Å². The fourth-order valence-corrected chi connectivity index (χ4v) is 6.21. The van der Waals surface area contributed by atoms with Crippen molar-refractivity contribution in [3.8, 4) is 0 Å². The summed E-state index contributed by atoms with van der Waals surface area (Å²) in [6.45, 7) is 3.12. The molecule has 0 saturated carbocycles. The number of rotatable bonds is 6. The predicted octanol–water partition coefficient (Wildman–Crippen LogP) is 2.52. The van der Waals surface area contributed by atoms with Crippen LogP contribution in [0.15, 0.2) is 52.8 Å². The van der Waals surface area contributed by atoms with Crippen molar-refractivity contribution in [3.63, 3.8) is 0 Å². The number of sulfonamides is 2. The van der Waals surface area contributed by atoms with Crippen molar-refractivity contribution in [1.29, 1.82) is 0 Å². The van der Waals surface area contributed by atoms with Crippen molar-refractivity contribution < 1.29 is 21.8 Å². The molecule has 0 radical (unpaired) electrons. The molecule has 0 amide bonds. The first-order valence-electron chi connectivity index (χ1n) is 9.51. The molecule has 0 aromatic heterocycles. The monoisotopic (exact) mass is 465 g/mol. The number of hydrogen-bond acceptors (Lipinski definition) is 6. The summed E-state index contributed by atoms with van der Waals surface area (Å²) in [5, 5.41) is 12.3. The molecule has 1 heterocycles. The van der Waals surface area contributed by atoms with Crippen molar-refractivity contribution in [2.45, 2.75) is 18.7 Å². The van der Waals surface area contributed by atoms with E-state index in [0.717, 1.165) is 17.0 Å². The van der Waals surface area contributed by atoms with Gasteiger partial charge in [0.05, 0.1) is 9.82 Å². The maximum absolute atomic E-state index is 13.1. The standard InChI is InChI=1S/C20H23N3O6S2/c1-16-14-19(23(24)25)15-20(17(16)2)31(28,29)22-11-9-21(10-12-22)30(26,27)13-8-18-6-4-3-5-7-18/h3-8,13-15H,9-12H2,1-2H3/b13-8+. The molecule has 0 unspecified atom stereocenters. The number of non-ortho nitro benzene ring substituents is 1. The molecule has 0 bridgehead atoms. The summed E-state index contributed by atoms with van der Waals surface area (Å²) in [7, 11) is -7.71. The van der Waals surface area contributed by atoms with Gasteiger partial charge in [-0.2, -0.15) is 8.61 Å². The third kappa shape index (κ3) is 5.01. The lowest BCUT2D eigenvalue weighted by molar-refractivity contribution is -0.385. The van der Waals surface area contributed by atoms with Crippen molar-refractivity contribution >= 4 is 31.8 Å². The van der Waals surface area contributed by atoms with Crippen LogP contribution in [-0.4, -0.2) is 56.5 Å². The molecule has 0 atom stereocenters. The molecule has 2 aromatic rings.